The lowest BCUT2D eigenvalue weighted by Gasteiger charge is -2.32. The molecule has 1 saturated heterocycles. The van der Waals surface area contributed by atoms with E-state index in [9.17, 15) is 58.4 Å². The molecule has 1 aliphatic carbocycles. The predicted octanol–water partition coefficient (Wildman–Crippen LogP) is 4.47. The first-order valence-electron chi connectivity index (χ1n) is 15.7. The number of nitrogens with two attached hydrogens (primary N) is 1. The number of esters is 1. The second kappa shape index (κ2) is 14.4. The van der Waals surface area contributed by atoms with Crippen molar-refractivity contribution in [1.82, 2.24) is 4.90 Å². The molecule has 7 N–H and O–H groups in total. The van der Waals surface area contributed by atoms with Gasteiger partial charge in [0.2, 0.25) is 0 Å². The van der Waals surface area contributed by atoms with Crippen molar-refractivity contribution >= 4 is 88.1 Å². The Morgan fingerprint density at radius 2 is 1.41 bits per heavy atom. The van der Waals surface area contributed by atoms with E-state index in [0.717, 1.165) is 36.4 Å². The molecule has 18 nitrogen and oxygen atoms in total. The van der Waals surface area contributed by atoms with E-state index < -0.39 is 96.8 Å². The Hall–Kier alpha value is -5.13. The van der Waals surface area contributed by atoms with Crippen molar-refractivity contribution in [2.45, 2.75) is 27.5 Å². The number of halogens is 2. The van der Waals surface area contributed by atoms with E-state index in [-0.39, 0.29) is 69.4 Å². The number of benzene rings is 4. The highest BCUT2D eigenvalue weighted by Gasteiger charge is 2.36. The number of anilines is 1. The minimum atomic E-state index is -5.30. The Labute approximate surface area is 326 Å². The van der Waals surface area contributed by atoms with Crippen LogP contribution in [0.4, 0.5) is 5.69 Å². The molecule has 0 aromatic heterocycles. The fourth-order valence-corrected chi connectivity index (χ4v) is 9.12. The van der Waals surface area contributed by atoms with Gasteiger partial charge in [-0.15, -0.1) is 0 Å². The van der Waals surface area contributed by atoms with Gasteiger partial charge >= 0.3 is 11.9 Å². The maximum atomic E-state index is 14.3. The van der Waals surface area contributed by atoms with Crippen molar-refractivity contribution in [2.75, 3.05) is 18.8 Å². The summed E-state index contributed by atoms with van der Waals surface area (Å²) in [6.07, 6.45) is -0.0120. The van der Waals surface area contributed by atoms with Gasteiger partial charge in [-0.1, -0.05) is 29.3 Å². The van der Waals surface area contributed by atoms with E-state index in [0.29, 0.717) is 0 Å². The second-order valence-corrected chi connectivity index (χ2v) is 17.3. The molecule has 6 rings (SSSR count). The van der Waals surface area contributed by atoms with Crippen LogP contribution in [0.5, 0.6) is 5.75 Å². The van der Waals surface area contributed by atoms with Gasteiger partial charge in [0.25, 0.3) is 36.3 Å². The number of piperidine rings is 1. The summed E-state index contributed by atoms with van der Waals surface area (Å²) < 4.78 is 114. The van der Waals surface area contributed by atoms with Crippen LogP contribution in [0, 0.1) is 11.3 Å². The molecule has 2 aliphatic heterocycles. The largest absolute Gasteiger partial charge is 0.478 e. The molecule has 3 aromatic rings. The summed E-state index contributed by atoms with van der Waals surface area (Å²) in [4.78, 5) is 38.7. The average Bonchev–Trinajstić information content (AvgIpc) is 3.09. The van der Waals surface area contributed by atoms with Crippen molar-refractivity contribution in [3.63, 3.8) is 0 Å². The van der Waals surface area contributed by atoms with Crippen LogP contribution < -0.4 is 15.8 Å². The lowest BCUT2D eigenvalue weighted by atomic mass is 9.86. The number of nitrogens with one attached hydrogen (secondary N) is 1. The van der Waals surface area contributed by atoms with Gasteiger partial charge in [0.1, 0.15) is 0 Å². The molecule has 0 atom stereocenters. The van der Waals surface area contributed by atoms with Gasteiger partial charge in [-0.2, -0.15) is 25.3 Å². The predicted molar refractivity (Wildman–Crippen MR) is 196 cm³/mol. The van der Waals surface area contributed by atoms with Crippen LogP contribution in [0.2, 0.25) is 10.0 Å². The third-order valence-corrected chi connectivity index (χ3v) is 12.1. The summed E-state index contributed by atoms with van der Waals surface area (Å²) in [5.74, 6) is -5.26. The number of carbonyl (C=O) groups excluding carboxylic acids is 2. The highest BCUT2D eigenvalue weighted by atomic mass is 35.5. The van der Waals surface area contributed by atoms with E-state index in [1.54, 1.807) is 0 Å². The number of amides is 1. The standard InChI is InChI=1S/C33H25Cl2N3O15S3/c34-20-12-15(54(43,44)45)13-21(35)28(20)53-33(42)14-8-10-38(11-9-14)31(39)18-2-1-3-19(32(40)41)25(18)24-16-4-6-22(36)29(55(46,47)48)26(16)52-27-17(24)5-7-23(37)30(27)56(49,50)51/h1-7,12-14,36H,8-11,37H2,(H,40,41)(H,43,44,45)(H,46,47,48)(H,49,50,51). The topological polar surface area (TPSA) is 310 Å². The van der Waals surface area contributed by atoms with Crippen LogP contribution in [-0.4, -0.2) is 79.9 Å². The van der Waals surface area contributed by atoms with Gasteiger partial charge in [0.15, 0.2) is 26.9 Å². The van der Waals surface area contributed by atoms with E-state index in [4.69, 9.17) is 43.5 Å². The third-order valence-electron chi connectivity index (χ3n) is 8.88. The highest BCUT2D eigenvalue weighted by molar-refractivity contribution is 7.86. The Balaban J connectivity index is 1.46. The van der Waals surface area contributed by atoms with E-state index in [1.807, 2.05) is 0 Å². The van der Waals surface area contributed by atoms with E-state index in [1.165, 1.54) is 23.1 Å². The van der Waals surface area contributed by atoms with Crippen LogP contribution in [0.1, 0.15) is 33.6 Å². The zero-order valence-corrected chi connectivity index (χ0v) is 31.8. The molecule has 294 valence electrons. The van der Waals surface area contributed by atoms with Crippen LogP contribution in [0.25, 0.3) is 33.4 Å². The van der Waals surface area contributed by atoms with Gasteiger partial charge in [0.05, 0.1) is 37.5 Å². The van der Waals surface area contributed by atoms with Crippen molar-refractivity contribution in [2.24, 2.45) is 5.92 Å². The van der Waals surface area contributed by atoms with Crippen molar-refractivity contribution < 1.29 is 67.6 Å². The first-order valence-corrected chi connectivity index (χ1v) is 20.7. The van der Waals surface area contributed by atoms with Gasteiger partial charge in [-0.05, 0) is 61.4 Å². The summed E-state index contributed by atoms with van der Waals surface area (Å²) in [5.41, 5.74) is 2.71. The number of ether oxygens (including phenoxy) is 1. The first kappa shape index (κ1) is 40.5. The number of likely N-dealkylation sites (tertiary alicyclic amines) is 1. The van der Waals surface area contributed by atoms with E-state index in [2.05, 4.69) is 0 Å². The number of hydrogen-bond donors (Lipinski definition) is 6. The van der Waals surface area contributed by atoms with Crippen molar-refractivity contribution in [1.29, 1.82) is 5.41 Å². The molecular formula is C33H25Cl2N3O15S3. The molecule has 0 unspecified atom stereocenters. The third kappa shape index (κ3) is 7.42. The Bertz CT molecular complexity index is 2880. The van der Waals surface area contributed by atoms with Gasteiger partial charge in [-0.3, -0.25) is 28.7 Å². The molecule has 0 radical (unpaired) electrons. The van der Waals surface area contributed by atoms with Crippen LogP contribution in [0.15, 0.2) is 73.7 Å². The Morgan fingerprint density at radius 1 is 0.821 bits per heavy atom. The SMILES string of the molecule is N=c1ccc2c(-c3c(C(=O)O)cccc3C(=O)N3CCC(C(=O)Oc4c(Cl)cc(S(=O)(=O)O)cc4Cl)CC3)c3ccc(N)c(S(=O)(=O)O)c3oc-2c1S(=O)(=O)O. The number of rotatable bonds is 8. The van der Waals surface area contributed by atoms with Crippen molar-refractivity contribution in [3.05, 3.63) is 81.1 Å². The maximum absolute atomic E-state index is 14.3. The zero-order chi connectivity index (χ0) is 41.2. The van der Waals surface area contributed by atoms with E-state index >= 15 is 0 Å². The summed E-state index contributed by atoms with van der Waals surface area (Å²) in [6.45, 7) is -0.217. The Kier molecular flexibility index (Phi) is 10.4. The van der Waals surface area contributed by atoms with Gasteiger partial charge < -0.3 is 24.9 Å². The van der Waals surface area contributed by atoms with Gasteiger partial charge in [0, 0.05) is 40.7 Å². The summed E-state index contributed by atoms with van der Waals surface area (Å²) in [5, 5.41) is 16.7. The minimum Gasteiger partial charge on any atom is -0.478 e. The molecule has 2 heterocycles. The fraction of sp³-hybridized carbons (Fsp3) is 0.152. The number of carbonyl (C=O) groups is 3. The van der Waals surface area contributed by atoms with Gasteiger partial charge in [-0.25, -0.2) is 4.79 Å². The molecule has 56 heavy (non-hydrogen) atoms. The van der Waals surface area contributed by atoms with Crippen LogP contribution >= 0.6 is 23.2 Å². The van der Waals surface area contributed by atoms with Crippen LogP contribution in [0.3, 0.4) is 0 Å². The molecule has 3 aliphatic rings. The number of carboxylic acids is 1. The molecule has 1 fully saturated rings. The zero-order valence-electron chi connectivity index (χ0n) is 27.9. The molecule has 3 aromatic carbocycles. The second-order valence-electron chi connectivity index (χ2n) is 12.3. The number of nitrogens with zero attached hydrogens (tertiary/aromatic N) is 1. The number of hydrogen-bond acceptors (Lipinski definition) is 13. The number of nitrogen functional groups attached to an aromatic ring is 1. The lowest BCUT2D eigenvalue weighted by Crippen LogP contribution is -2.41. The number of aromatic carboxylic acids is 1. The van der Waals surface area contributed by atoms with Crippen LogP contribution in [-0.2, 0) is 35.1 Å². The molecule has 1 amide bonds. The molecule has 0 bridgehead atoms. The lowest BCUT2D eigenvalue weighted by molar-refractivity contribution is -0.140. The first-order chi connectivity index (χ1) is 26.0. The molecule has 23 heteroatoms. The smallest absolute Gasteiger partial charge is 0.336 e. The highest BCUT2D eigenvalue weighted by Crippen LogP contribution is 2.47. The summed E-state index contributed by atoms with van der Waals surface area (Å²) in [7, 11) is -15.2. The fourth-order valence-electron chi connectivity index (χ4n) is 6.41. The summed E-state index contributed by atoms with van der Waals surface area (Å²) in [6, 6.07) is 9.55. The average molecular weight is 871 g/mol. The maximum Gasteiger partial charge on any atom is 0.336 e. The Morgan fingerprint density at radius 3 is 1.96 bits per heavy atom. The number of carboxylic acid groups (broad SMARTS) is 1. The quantitative estimate of drug-likeness (QED) is 0.0412. The number of fused-ring (bicyclic) bond motifs is 2. The minimum absolute atomic E-state index is 0.00601. The normalized spacial score (nSPS) is 14.3. The molecule has 0 saturated carbocycles. The monoisotopic (exact) mass is 869 g/mol. The van der Waals surface area contributed by atoms with Crippen molar-refractivity contribution in [3.8, 4) is 28.2 Å². The summed E-state index contributed by atoms with van der Waals surface area (Å²) >= 11 is 12.1. The molecular weight excluding hydrogens is 845 g/mol. The molecule has 0 spiro atoms.